The third-order valence-electron chi connectivity index (χ3n) is 4.35. The molecule has 3 atom stereocenters. The highest BCUT2D eigenvalue weighted by Gasteiger charge is 2.31. The fourth-order valence-electron chi connectivity index (χ4n) is 3.13. The van der Waals surface area contributed by atoms with Crippen LogP contribution in [0.25, 0.3) is 0 Å². The Morgan fingerprint density at radius 3 is 2.20 bits per heavy atom. The van der Waals surface area contributed by atoms with E-state index in [1.165, 1.54) is 25.2 Å². The minimum absolute atomic E-state index is 0.516. The highest BCUT2D eigenvalue weighted by molar-refractivity contribution is 5.18. The molecule has 1 aromatic carbocycles. The van der Waals surface area contributed by atoms with Crippen LogP contribution in [0.5, 0.6) is 0 Å². The smallest absolute Gasteiger partial charge is 0.0323 e. The van der Waals surface area contributed by atoms with Gasteiger partial charge in [0.25, 0.3) is 0 Å². The second-order valence-electron chi connectivity index (χ2n) is 5.57. The molecule has 1 aliphatic heterocycles. The number of hydrogen-bond donors (Lipinski definition) is 0. The summed E-state index contributed by atoms with van der Waals surface area (Å²) in [6.07, 6.45) is 0. The highest BCUT2D eigenvalue weighted by Crippen LogP contribution is 2.26. The Morgan fingerprint density at radius 1 is 1.05 bits per heavy atom. The number of hydrogen-bond acceptors (Lipinski definition) is 2. The van der Waals surface area contributed by atoms with Gasteiger partial charge in [-0.1, -0.05) is 51.1 Å². The second-order valence-corrected chi connectivity index (χ2v) is 5.57. The van der Waals surface area contributed by atoms with Crippen molar-refractivity contribution in [2.45, 2.75) is 59.7 Å². The van der Waals surface area contributed by atoms with Crippen molar-refractivity contribution in [3.8, 4) is 0 Å². The van der Waals surface area contributed by atoms with Gasteiger partial charge in [-0.2, -0.15) is 0 Å². The molecule has 2 nitrogen and oxygen atoms in total. The largest absolute Gasteiger partial charge is 0.298 e. The lowest BCUT2D eigenvalue weighted by molar-refractivity contribution is 0.0216. The standard InChI is InChI=1S/C16H26N2.C2H6/c1-5-17-11-14(3)18(12-13(17)2)15(4)16-9-7-6-8-10-16;1-2/h6-10,13-15H,5,11-12H2,1-4H3;1-2H3/t13-,14+,15-;/m1./s1. The molecule has 0 unspecified atom stereocenters. The maximum absolute atomic E-state index is 2.64. The van der Waals surface area contributed by atoms with Crippen molar-refractivity contribution < 1.29 is 0 Å². The molecule has 0 aliphatic carbocycles. The van der Waals surface area contributed by atoms with Crippen molar-refractivity contribution in [2.24, 2.45) is 0 Å². The summed E-state index contributed by atoms with van der Waals surface area (Å²) in [5.74, 6) is 0. The Kier molecular flexibility index (Phi) is 7.25. The van der Waals surface area contributed by atoms with Crippen molar-refractivity contribution in [1.82, 2.24) is 9.80 Å². The van der Waals surface area contributed by atoms with E-state index >= 15 is 0 Å². The Morgan fingerprint density at radius 2 is 1.65 bits per heavy atom. The van der Waals surface area contributed by atoms with Crippen LogP contribution in [0.2, 0.25) is 0 Å². The topological polar surface area (TPSA) is 6.48 Å². The fourth-order valence-corrected chi connectivity index (χ4v) is 3.13. The number of nitrogens with zero attached hydrogens (tertiary/aromatic N) is 2. The minimum atomic E-state index is 0.516. The number of rotatable bonds is 3. The van der Waals surface area contributed by atoms with Gasteiger partial charge in [-0.15, -0.1) is 0 Å². The van der Waals surface area contributed by atoms with E-state index < -0.39 is 0 Å². The molecule has 0 aromatic heterocycles. The zero-order valence-electron chi connectivity index (χ0n) is 14.1. The predicted molar refractivity (Wildman–Crippen MR) is 89.1 cm³/mol. The number of likely N-dealkylation sites (N-methyl/N-ethyl adjacent to an activating group) is 1. The third kappa shape index (κ3) is 4.07. The predicted octanol–water partition coefficient (Wildman–Crippen LogP) is 4.19. The lowest BCUT2D eigenvalue weighted by atomic mass is 10.0. The third-order valence-corrected chi connectivity index (χ3v) is 4.35. The minimum Gasteiger partial charge on any atom is -0.298 e. The van der Waals surface area contributed by atoms with E-state index in [-0.39, 0.29) is 0 Å². The summed E-state index contributed by atoms with van der Waals surface area (Å²) in [6.45, 7) is 16.8. The molecule has 2 rings (SSSR count). The van der Waals surface area contributed by atoms with Gasteiger partial charge in [-0.05, 0) is 32.9 Å². The maximum atomic E-state index is 2.64. The summed E-state index contributed by atoms with van der Waals surface area (Å²) >= 11 is 0. The summed E-state index contributed by atoms with van der Waals surface area (Å²) in [5.41, 5.74) is 1.43. The quantitative estimate of drug-likeness (QED) is 0.817. The van der Waals surface area contributed by atoms with Crippen LogP contribution < -0.4 is 0 Å². The van der Waals surface area contributed by atoms with Gasteiger partial charge < -0.3 is 0 Å². The zero-order valence-corrected chi connectivity index (χ0v) is 14.1. The number of benzene rings is 1. The molecule has 0 saturated carbocycles. The summed E-state index contributed by atoms with van der Waals surface area (Å²) < 4.78 is 0. The molecule has 2 heteroatoms. The van der Waals surface area contributed by atoms with Gasteiger partial charge >= 0.3 is 0 Å². The molecule has 1 heterocycles. The first kappa shape index (κ1) is 17.2. The van der Waals surface area contributed by atoms with E-state index in [1.54, 1.807) is 0 Å². The van der Waals surface area contributed by atoms with Crippen molar-refractivity contribution in [3.63, 3.8) is 0 Å². The molecule has 0 spiro atoms. The second kappa shape index (κ2) is 8.43. The summed E-state index contributed by atoms with van der Waals surface area (Å²) in [4.78, 5) is 5.23. The van der Waals surface area contributed by atoms with E-state index in [0.29, 0.717) is 18.1 Å². The van der Waals surface area contributed by atoms with Crippen LogP contribution in [0.15, 0.2) is 30.3 Å². The van der Waals surface area contributed by atoms with Crippen LogP contribution in [0.1, 0.15) is 53.1 Å². The Bertz CT molecular complexity index is 363. The molecule has 114 valence electrons. The Hall–Kier alpha value is -0.860. The molecule has 1 aliphatic rings. The van der Waals surface area contributed by atoms with Crippen molar-refractivity contribution >= 4 is 0 Å². The van der Waals surface area contributed by atoms with Gasteiger partial charge in [0.2, 0.25) is 0 Å². The molecule has 0 N–H and O–H groups in total. The molecule has 1 saturated heterocycles. The molecule has 0 bridgehead atoms. The average Bonchev–Trinajstić information content (AvgIpc) is 2.51. The molecular formula is C18H32N2. The maximum Gasteiger partial charge on any atom is 0.0323 e. The van der Waals surface area contributed by atoms with E-state index in [0.717, 1.165) is 0 Å². The summed E-state index contributed by atoms with van der Waals surface area (Å²) in [7, 11) is 0. The van der Waals surface area contributed by atoms with Crippen LogP contribution >= 0.6 is 0 Å². The first-order chi connectivity index (χ1) is 9.63. The van der Waals surface area contributed by atoms with Crippen LogP contribution in [0.3, 0.4) is 0 Å². The molecule has 0 amide bonds. The van der Waals surface area contributed by atoms with Crippen molar-refractivity contribution in [1.29, 1.82) is 0 Å². The first-order valence-corrected chi connectivity index (χ1v) is 8.18. The van der Waals surface area contributed by atoms with Crippen LogP contribution in [0.4, 0.5) is 0 Å². The Labute approximate surface area is 125 Å². The van der Waals surface area contributed by atoms with Gasteiger partial charge in [0.15, 0.2) is 0 Å². The molecule has 20 heavy (non-hydrogen) atoms. The van der Waals surface area contributed by atoms with Gasteiger partial charge in [0, 0.05) is 31.2 Å². The lowest BCUT2D eigenvalue weighted by Gasteiger charge is -2.46. The van der Waals surface area contributed by atoms with Crippen LogP contribution in [0, 0.1) is 0 Å². The zero-order chi connectivity index (χ0) is 15.1. The SMILES string of the molecule is CC.CCN1C[C@H](C)N([C@H](C)c2ccccc2)C[C@H]1C. The fraction of sp³-hybridized carbons (Fsp3) is 0.667. The van der Waals surface area contributed by atoms with Gasteiger partial charge in [0.1, 0.15) is 0 Å². The Balaban J connectivity index is 0.000000956. The van der Waals surface area contributed by atoms with Crippen LogP contribution in [-0.4, -0.2) is 41.5 Å². The monoisotopic (exact) mass is 276 g/mol. The molecular weight excluding hydrogens is 244 g/mol. The van der Waals surface area contributed by atoms with Crippen LogP contribution in [-0.2, 0) is 0 Å². The summed E-state index contributed by atoms with van der Waals surface area (Å²) in [5, 5.41) is 0. The normalized spacial score (nSPS) is 25.7. The van der Waals surface area contributed by atoms with Crippen molar-refractivity contribution in [3.05, 3.63) is 35.9 Å². The van der Waals surface area contributed by atoms with Gasteiger partial charge in [0.05, 0.1) is 0 Å². The van der Waals surface area contributed by atoms with Gasteiger partial charge in [-0.3, -0.25) is 9.80 Å². The highest BCUT2D eigenvalue weighted by atomic mass is 15.3. The summed E-state index contributed by atoms with van der Waals surface area (Å²) in [6, 6.07) is 12.7. The average molecular weight is 276 g/mol. The lowest BCUT2D eigenvalue weighted by Crippen LogP contribution is -2.56. The van der Waals surface area contributed by atoms with E-state index in [2.05, 4.69) is 67.8 Å². The molecule has 1 fully saturated rings. The van der Waals surface area contributed by atoms with Gasteiger partial charge in [-0.25, -0.2) is 0 Å². The molecule has 0 radical (unpaired) electrons. The number of piperazine rings is 1. The van der Waals surface area contributed by atoms with E-state index in [1.807, 2.05) is 13.8 Å². The first-order valence-electron chi connectivity index (χ1n) is 8.18. The van der Waals surface area contributed by atoms with E-state index in [9.17, 15) is 0 Å². The van der Waals surface area contributed by atoms with Crippen molar-refractivity contribution in [2.75, 3.05) is 19.6 Å². The van der Waals surface area contributed by atoms with E-state index in [4.69, 9.17) is 0 Å². The molecule has 1 aromatic rings.